The van der Waals surface area contributed by atoms with Crippen molar-refractivity contribution in [3.8, 4) is 16.9 Å². The van der Waals surface area contributed by atoms with E-state index in [9.17, 15) is 14.3 Å². The molecule has 4 aromatic rings. The first kappa shape index (κ1) is 21.5. The van der Waals surface area contributed by atoms with E-state index in [1.807, 2.05) is 22.7 Å². The maximum atomic E-state index is 14.7. The number of aromatic nitrogens is 4. The third-order valence-electron chi connectivity index (χ3n) is 5.52. The van der Waals surface area contributed by atoms with Gasteiger partial charge in [0.2, 0.25) is 0 Å². The Hall–Kier alpha value is -3.72. The molecule has 0 spiro atoms. The molecule has 1 aromatic carbocycles. The molecule has 3 N–H and O–H groups in total. The van der Waals surface area contributed by atoms with Crippen molar-refractivity contribution in [3.05, 3.63) is 71.2 Å². The van der Waals surface area contributed by atoms with Crippen LogP contribution in [0, 0.1) is 12.7 Å². The molecular formula is C23H24FN5O3. The van der Waals surface area contributed by atoms with Crippen LogP contribution in [-0.4, -0.2) is 43.4 Å². The lowest BCUT2D eigenvalue weighted by molar-refractivity contribution is 0.0688. The predicted molar refractivity (Wildman–Crippen MR) is 117 cm³/mol. The Labute approximate surface area is 184 Å². The summed E-state index contributed by atoms with van der Waals surface area (Å²) in [6, 6.07) is 8.49. The fraction of sp³-hybridized carbons (Fsp3) is 0.261. The standard InChI is InChI=1S/C23H24FN5O3/c1-14-17(21(23(30)31)27-28(14)2)9-11-32-22-18(4-3-5-19(22)24)15-6-7-20-26-12-16(8-10-25)29(20)13-15/h3-7,12-13H,8-11,25H2,1-2H3,(H,30,31). The number of aryl methyl sites for hydroxylation is 1. The Morgan fingerprint density at radius 3 is 2.81 bits per heavy atom. The molecule has 0 amide bonds. The highest BCUT2D eigenvalue weighted by atomic mass is 19.1. The van der Waals surface area contributed by atoms with E-state index in [1.54, 1.807) is 32.3 Å². The van der Waals surface area contributed by atoms with Crippen LogP contribution in [0.25, 0.3) is 16.8 Å². The van der Waals surface area contributed by atoms with Gasteiger partial charge in [0.05, 0.1) is 6.61 Å². The second kappa shape index (κ2) is 8.80. The van der Waals surface area contributed by atoms with Gasteiger partial charge in [-0.15, -0.1) is 0 Å². The number of carboxylic acids is 1. The summed E-state index contributed by atoms with van der Waals surface area (Å²) >= 11 is 0. The number of pyridine rings is 1. The van der Waals surface area contributed by atoms with Crippen LogP contribution >= 0.6 is 0 Å². The summed E-state index contributed by atoms with van der Waals surface area (Å²) < 4.78 is 24.0. The molecule has 0 radical (unpaired) electrons. The number of nitrogens with two attached hydrogens (primary N) is 1. The smallest absolute Gasteiger partial charge is 0.356 e. The predicted octanol–water partition coefficient (Wildman–Crippen LogP) is 3.00. The van der Waals surface area contributed by atoms with Crippen LogP contribution < -0.4 is 10.5 Å². The Kier molecular flexibility index (Phi) is 5.91. The highest BCUT2D eigenvalue weighted by Gasteiger charge is 2.19. The fourth-order valence-electron chi connectivity index (χ4n) is 3.78. The molecule has 0 aliphatic carbocycles. The van der Waals surface area contributed by atoms with Gasteiger partial charge in [0, 0.05) is 60.4 Å². The number of carboxylic acid groups (broad SMARTS) is 1. The highest BCUT2D eigenvalue weighted by molar-refractivity contribution is 5.87. The van der Waals surface area contributed by atoms with Crippen LogP contribution in [-0.2, 0) is 19.9 Å². The Balaban J connectivity index is 1.63. The molecule has 0 saturated carbocycles. The van der Waals surface area contributed by atoms with Crippen molar-refractivity contribution in [2.75, 3.05) is 13.2 Å². The summed E-state index contributed by atoms with van der Waals surface area (Å²) in [5.41, 5.74) is 10.1. The first-order valence-corrected chi connectivity index (χ1v) is 10.2. The number of carbonyl (C=O) groups is 1. The van der Waals surface area contributed by atoms with Gasteiger partial charge in [-0.25, -0.2) is 14.2 Å². The van der Waals surface area contributed by atoms with Gasteiger partial charge in [0.15, 0.2) is 17.3 Å². The Morgan fingerprint density at radius 2 is 2.06 bits per heavy atom. The van der Waals surface area contributed by atoms with Crippen LogP contribution in [0.2, 0.25) is 0 Å². The number of hydrogen-bond donors (Lipinski definition) is 2. The molecule has 0 saturated heterocycles. The van der Waals surface area contributed by atoms with E-state index >= 15 is 0 Å². The van der Waals surface area contributed by atoms with Crippen molar-refractivity contribution in [1.82, 2.24) is 19.2 Å². The average molecular weight is 437 g/mol. The molecule has 3 aromatic heterocycles. The van der Waals surface area contributed by atoms with Crippen molar-refractivity contribution in [3.63, 3.8) is 0 Å². The van der Waals surface area contributed by atoms with Gasteiger partial charge in [-0.1, -0.05) is 12.1 Å². The van der Waals surface area contributed by atoms with Gasteiger partial charge in [-0.3, -0.25) is 4.68 Å². The lowest BCUT2D eigenvalue weighted by Gasteiger charge is -2.13. The van der Waals surface area contributed by atoms with E-state index in [-0.39, 0.29) is 24.5 Å². The number of benzene rings is 1. The van der Waals surface area contributed by atoms with Gasteiger partial charge in [-0.2, -0.15) is 5.10 Å². The van der Waals surface area contributed by atoms with Crippen LogP contribution in [0.1, 0.15) is 27.4 Å². The van der Waals surface area contributed by atoms with E-state index in [2.05, 4.69) is 10.1 Å². The van der Waals surface area contributed by atoms with Crippen molar-refractivity contribution < 1.29 is 19.0 Å². The monoisotopic (exact) mass is 437 g/mol. The van der Waals surface area contributed by atoms with Crippen LogP contribution in [0.3, 0.4) is 0 Å². The first-order valence-electron chi connectivity index (χ1n) is 10.2. The van der Waals surface area contributed by atoms with E-state index in [1.165, 1.54) is 10.7 Å². The Bertz CT molecular complexity index is 1290. The quantitative estimate of drug-likeness (QED) is 0.439. The minimum Gasteiger partial charge on any atom is -0.490 e. The lowest BCUT2D eigenvalue weighted by Crippen LogP contribution is -2.08. The van der Waals surface area contributed by atoms with Crippen LogP contribution in [0.5, 0.6) is 5.75 Å². The molecule has 166 valence electrons. The number of para-hydroxylation sites is 1. The third kappa shape index (κ3) is 3.94. The highest BCUT2D eigenvalue weighted by Crippen LogP contribution is 2.33. The second-order valence-corrected chi connectivity index (χ2v) is 7.49. The largest absolute Gasteiger partial charge is 0.490 e. The zero-order chi connectivity index (χ0) is 22.8. The fourth-order valence-corrected chi connectivity index (χ4v) is 3.78. The normalized spacial score (nSPS) is 11.2. The summed E-state index contributed by atoms with van der Waals surface area (Å²) in [6.07, 6.45) is 4.64. The Morgan fingerprint density at radius 1 is 1.25 bits per heavy atom. The molecule has 0 aliphatic heterocycles. The van der Waals surface area contributed by atoms with Gasteiger partial charge >= 0.3 is 5.97 Å². The minimum atomic E-state index is -1.10. The van der Waals surface area contributed by atoms with Crippen molar-refractivity contribution >= 4 is 11.6 Å². The van der Waals surface area contributed by atoms with Gasteiger partial charge in [0.1, 0.15) is 5.65 Å². The molecule has 0 aliphatic rings. The molecule has 0 bridgehead atoms. The summed E-state index contributed by atoms with van der Waals surface area (Å²) in [4.78, 5) is 15.9. The molecule has 0 unspecified atom stereocenters. The number of rotatable bonds is 8. The van der Waals surface area contributed by atoms with E-state index < -0.39 is 11.8 Å². The molecule has 0 atom stereocenters. The summed E-state index contributed by atoms with van der Waals surface area (Å²) in [7, 11) is 1.69. The number of imidazole rings is 1. The summed E-state index contributed by atoms with van der Waals surface area (Å²) in [5, 5.41) is 13.4. The van der Waals surface area contributed by atoms with E-state index in [0.29, 0.717) is 24.1 Å². The number of nitrogens with zero attached hydrogens (tertiary/aromatic N) is 4. The number of ether oxygens (including phenoxy) is 1. The number of fused-ring (bicyclic) bond motifs is 1. The van der Waals surface area contributed by atoms with Crippen molar-refractivity contribution in [1.29, 1.82) is 0 Å². The van der Waals surface area contributed by atoms with Crippen LogP contribution in [0.4, 0.5) is 4.39 Å². The maximum absolute atomic E-state index is 14.7. The van der Waals surface area contributed by atoms with Crippen LogP contribution in [0.15, 0.2) is 42.7 Å². The van der Waals surface area contributed by atoms with Crippen molar-refractivity contribution in [2.45, 2.75) is 19.8 Å². The van der Waals surface area contributed by atoms with Gasteiger partial charge in [-0.05, 0) is 31.7 Å². The lowest BCUT2D eigenvalue weighted by atomic mass is 10.1. The second-order valence-electron chi connectivity index (χ2n) is 7.49. The molecule has 3 heterocycles. The molecular weight excluding hydrogens is 413 g/mol. The molecule has 8 nitrogen and oxygen atoms in total. The maximum Gasteiger partial charge on any atom is 0.356 e. The van der Waals surface area contributed by atoms with Gasteiger partial charge in [0.25, 0.3) is 0 Å². The molecule has 4 rings (SSSR count). The molecule has 32 heavy (non-hydrogen) atoms. The first-order chi connectivity index (χ1) is 15.4. The number of aromatic carboxylic acids is 1. The minimum absolute atomic E-state index is 0.0136. The molecule has 0 fully saturated rings. The average Bonchev–Trinajstić information content (AvgIpc) is 3.30. The van der Waals surface area contributed by atoms with E-state index in [0.717, 1.165) is 22.6 Å². The topological polar surface area (TPSA) is 108 Å². The van der Waals surface area contributed by atoms with E-state index in [4.69, 9.17) is 10.5 Å². The summed E-state index contributed by atoms with van der Waals surface area (Å²) in [5.74, 6) is -1.47. The molecule has 9 heteroatoms. The van der Waals surface area contributed by atoms with Crippen molar-refractivity contribution in [2.24, 2.45) is 12.8 Å². The number of hydrogen-bond acceptors (Lipinski definition) is 5. The zero-order valence-electron chi connectivity index (χ0n) is 17.9. The zero-order valence-corrected chi connectivity index (χ0v) is 17.9. The SMILES string of the molecule is Cc1c(CCOc2c(F)cccc2-c2ccc3ncc(CCN)n3c2)c(C(=O)O)nn1C. The summed E-state index contributed by atoms with van der Waals surface area (Å²) in [6.45, 7) is 2.40. The third-order valence-corrected chi connectivity index (χ3v) is 5.52. The van der Waals surface area contributed by atoms with Gasteiger partial charge < -0.3 is 20.0 Å². The number of halogens is 1.